The summed E-state index contributed by atoms with van der Waals surface area (Å²) in [5.74, 6) is 0. The maximum absolute atomic E-state index is 12.2. The van der Waals surface area contributed by atoms with Crippen molar-refractivity contribution in [1.82, 2.24) is 9.38 Å². The molecule has 0 bridgehead atoms. The SMILES string of the molecule is O=c1cc(CNc2cc([N+](=O)[O-])ccc2NCCO)nc2ccc(Cl)cn12. The zero-order chi connectivity index (χ0) is 19.4. The van der Waals surface area contributed by atoms with E-state index in [1.165, 1.54) is 28.8 Å². The van der Waals surface area contributed by atoms with Gasteiger partial charge in [0.05, 0.1) is 40.2 Å². The first-order chi connectivity index (χ1) is 13.0. The Kier molecular flexibility index (Phi) is 5.53. The van der Waals surface area contributed by atoms with Gasteiger partial charge in [-0.2, -0.15) is 0 Å². The Bertz CT molecular complexity index is 1050. The highest BCUT2D eigenvalue weighted by Crippen LogP contribution is 2.27. The number of aromatic nitrogens is 2. The minimum absolute atomic E-state index is 0.0757. The molecule has 0 aliphatic heterocycles. The summed E-state index contributed by atoms with van der Waals surface area (Å²) < 4.78 is 1.34. The molecule has 2 aromatic heterocycles. The van der Waals surface area contributed by atoms with Crippen LogP contribution in [0.15, 0.2) is 47.4 Å². The van der Waals surface area contributed by atoms with Gasteiger partial charge in [-0.25, -0.2) is 4.98 Å². The maximum Gasteiger partial charge on any atom is 0.271 e. The molecule has 3 rings (SSSR count). The topological polar surface area (TPSA) is 122 Å². The second-order valence-corrected chi connectivity index (χ2v) is 6.09. The Labute approximate surface area is 158 Å². The second kappa shape index (κ2) is 8.02. The number of aliphatic hydroxyl groups is 1. The average Bonchev–Trinajstić information content (AvgIpc) is 2.65. The Morgan fingerprint density at radius 1 is 1.19 bits per heavy atom. The lowest BCUT2D eigenvalue weighted by atomic mass is 10.2. The molecule has 3 aromatic rings. The molecular formula is C17H16ClN5O4. The molecule has 0 amide bonds. The molecule has 10 heteroatoms. The van der Waals surface area contributed by atoms with Gasteiger partial charge in [-0.15, -0.1) is 0 Å². The van der Waals surface area contributed by atoms with E-state index in [-0.39, 0.29) is 24.4 Å². The number of nitrogens with one attached hydrogen (secondary N) is 2. The Hall–Kier alpha value is -3.17. The molecule has 0 fully saturated rings. The highest BCUT2D eigenvalue weighted by Gasteiger charge is 2.11. The molecule has 0 aliphatic rings. The summed E-state index contributed by atoms with van der Waals surface area (Å²) in [5, 5.41) is 26.4. The molecule has 0 unspecified atom stereocenters. The predicted molar refractivity (Wildman–Crippen MR) is 102 cm³/mol. The summed E-state index contributed by atoms with van der Waals surface area (Å²) in [6, 6.07) is 8.95. The number of rotatable bonds is 7. The molecular weight excluding hydrogens is 374 g/mol. The van der Waals surface area contributed by atoms with Crippen molar-refractivity contribution in [3.63, 3.8) is 0 Å². The number of fused-ring (bicyclic) bond motifs is 1. The lowest BCUT2D eigenvalue weighted by Gasteiger charge is -2.13. The average molecular weight is 390 g/mol. The van der Waals surface area contributed by atoms with E-state index < -0.39 is 4.92 Å². The van der Waals surface area contributed by atoms with Crippen molar-refractivity contribution < 1.29 is 10.0 Å². The van der Waals surface area contributed by atoms with Crippen LogP contribution >= 0.6 is 11.6 Å². The van der Waals surface area contributed by atoms with Crippen molar-refractivity contribution in [3.8, 4) is 0 Å². The zero-order valence-electron chi connectivity index (χ0n) is 14.1. The molecule has 0 atom stereocenters. The number of benzene rings is 1. The van der Waals surface area contributed by atoms with Gasteiger partial charge in [0.2, 0.25) is 0 Å². The number of nitrogens with zero attached hydrogens (tertiary/aromatic N) is 3. The van der Waals surface area contributed by atoms with Crippen LogP contribution in [0.1, 0.15) is 5.69 Å². The normalized spacial score (nSPS) is 10.7. The summed E-state index contributed by atoms with van der Waals surface area (Å²) >= 11 is 5.89. The van der Waals surface area contributed by atoms with Crippen LogP contribution in [0.25, 0.3) is 5.65 Å². The highest BCUT2D eigenvalue weighted by molar-refractivity contribution is 6.30. The summed E-state index contributed by atoms with van der Waals surface area (Å²) in [6.45, 7) is 0.397. The minimum Gasteiger partial charge on any atom is -0.395 e. The number of nitro benzene ring substituents is 1. The number of hydrogen-bond acceptors (Lipinski definition) is 7. The molecule has 0 radical (unpaired) electrons. The molecule has 0 spiro atoms. The lowest BCUT2D eigenvalue weighted by molar-refractivity contribution is -0.384. The number of pyridine rings is 1. The van der Waals surface area contributed by atoms with Crippen LogP contribution in [0.2, 0.25) is 5.02 Å². The molecule has 3 N–H and O–H groups in total. The van der Waals surface area contributed by atoms with Crippen molar-refractivity contribution in [1.29, 1.82) is 0 Å². The summed E-state index contributed by atoms with van der Waals surface area (Å²) in [7, 11) is 0. The number of anilines is 2. The van der Waals surface area contributed by atoms with Crippen molar-refractivity contribution in [2.24, 2.45) is 0 Å². The fourth-order valence-electron chi connectivity index (χ4n) is 2.54. The molecule has 0 saturated heterocycles. The van der Waals surface area contributed by atoms with E-state index in [1.54, 1.807) is 18.2 Å². The molecule has 0 aliphatic carbocycles. The van der Waals surface area contributed by atoms with E-state index in [9.17, 15) is 14.9 Å². The van der Waals surface area contributed by atoms with Crippen LogP contribution in [-0.4, -0.2) is 32.6 Å². The van der Waals surface area contributed by atoms with E-state index in [1.807, 2.05) is 0 Å². The van der Waals surface area contributed by atoms with E-state index in [0.717, 1.165) is 0 Å². The summed E-state index contributed by atoms with van der Waals surface area (Å²) in [5.41, 5.74) is 1.63. The standard InChI is InChI=1S/C17H16ClN5O4/c18-11-1-4-16-21-12(7-17(25)22(16)10-11)9-20-15-8-13(23(26)27)2-3-14(15)19-5-6-24/h1-4,7-8,10,19-20,24H,5-6,9H2. The van der Waals surface area contributed by atoms with Gasteiger partial charge in [0.25, 0.3) is 11.2 Å². The Morgan fingerprint density at radius 3 is 2.74 bits per heavy atom. The van der Waals surface area contributed by atoms with Crippen LogP contribution < -0.4 is 16.2 Å². The molecule has 0 saturated carbocycles. The van der Waals surface area contributed by atoms with Crippen LogP contribution in [-0.2, 0) is 6.54 Å². The first kappa shape index (κ1) is 18.6. The van der Waals surface area contributed by atoms with Gasteiger partial charge in [-0.1, -0.05) is 11.6 Å². The second-order valence-electron chi connectivity index (χ2n) is 5.65. The molecule has 1 aromatic carbocycles. The Morgan fingerprint density at radius 2 is 2.00 bits per heavy atom. The Balaban J connectivity index is 1.88. The van der Waals surface area contributed by atoms with Crippen LogP contribution in [0.5, 0.6) is 0 Å². The number of hydrogen-bond donors (Lipinski definition) is 3. The third-order valence-corrected chi connectivity index (χ3v) is 4.00. The van der Waals surface area contributed by atoms with Gasteiger partial charge in [0.15, 0.2) is 0 Å². The first-order valence-electron chi connectivity index (χ1n) is 8.03. The third kappa shape index (κ3) is 4.33. The summed E-state index contributed by atoms with van der Waals surface area (Å²) in [6.07, 6.45) is 1.49. The quantitative estimate of drug-likeness (QED) is 0.418. The number of non-ortho nitro benzene ring substituents is 1. The van der Waals surface area contributed by atoms with Crippen molar-refractivity contribution in [2.75, 3.05) is 23.8 Å². The van der Waals surface area contributed by atoms with Gasteiger partial charge >= 0.3 is 0 Å². The van der Waals surface area contributed by atoms with E-state index in [4.69, 9.17) is 16.7 Å². The van der Waals surface area contributed by atoms with Crippen LogP contribution in [0, 0.1) is 10.1 Å². The minimum atomic E-state index is -0.495. The number of aliphatic hydroxyl groups excluding tert-OH is 1. The summed E-state index contributed by atoms with van der Waals surface area (Å²) in [4.78, 5) is 27.1. The van der Waals surface area contributed by atoms with Crippen LogP contribution in [0.3, 0.4) is 0 Å². The van der Waals surface area contributed by atoms with Crippen molar-refractivity contribution in [3.05, 3.63) is 73.8 Å². The molecule has 9 nitrogen and oxygen atoms in total. The fourth-order valence-corrected chi connectivity index (χ4v) is 2.70. The van der Waals surface area contributed by atoms with Crippen molar-refractivity contribution >= 4 is 34.3 Å². The smallest absolute Gasteiger partial charge is 0.271 e. The van der Waals surface area contributed by atoms with Crippen molar-refractivity contribution in [2.45, 2.75) is 6.54 Å². The largest absolute Gasteiger partial charge is 0.395 e. The maximum atomic E-state index is 12.2. The lowest BCUT2D eigenvalue weighted by Crippen LogP contribution is -2.17. The number of nitro groups is 1. The van der Waals surface area contributed by atoms with Gasteiger partial charge in [0, 0.05) is 30.9 Å². The van der Waals surface area contributed by atoms with E-state index in [2.05, 4.69) is 15.6 Å². The van der Waals surface area contributed by atoms with Gasteiger partial charge in [-0.05, 0) is 18.2 Å². The number of halogens is 1. The van der Waals surface area contributed by atoms with E-state index in [0.29, 0.717) is 34.3 Å². The van der Waals surface area contributed by atoms with Gasteiger partial charge in [0.1, 0.15) is 5.65 Å². The molecule has 2 heterocycles. The van der Waals surface area contributed by atoms with E-state index >= 15 is 0 Å². The predicted octanol–water partition coefficient (Wildman–Crippen LogP) is 2.27. The van der Waals surface area contributed by atoms with Gasteiger partial charge in [-0.3, -0.25) is 19.3 Å². The zero-order valence-corrected chi connectivity index (χ0v) is 14.8. The monoisotopic (exact) mass is 389 g/mol. The van der Waals surface area contributed by atoms with Gasteiger partial charge < -0.3 is 15.7 Å². The molecule has 140 valence electrons. The third-order valence-electron chi connectivity index (χ3n) is 3.78. The highest BCUT2D eigenvalue weighted by atomic mass is 35.5. The fraction of sp³-hybridized carbons (Fsp3) is 0.176. The first-order valence-corrected chi connectivity index (χ1v) is 8.40. The van der Waals surface area contributed by atoms with Crippen LogP contribution in [0.4, 0.5) is 17.1 Å². The molecule has 27 heavy (non-hydrogen) atoms.